The highest BCUT2D eigenvalue weighted by Gasteiger charge is 2.42. The Kier molecular flexibility index (Phi) is 7.35. The number of benzene rings is 5. The molecular weight excluding hydrogens is 556 g/mol. The molecule has 0 saturated carbocycles. The summed E-state index contributed by atoms with van der Waals surface area (Å²) in [6.07, 6.45) is 0. The lowest BCUT2D eigenvalue weighted by atomic mass is 9.76. The molecule has 0 amide bonds. The summed E-state index contributed by atoms with van der Waals surface area (Å²) in [4.78, 5) is 0. The maximum Gasteiger partial charge on any atom is 0.138 e. The van der Waals surface area contributed by atoms with E-state index in [2.05, 4.69) is 148 Å². The van der Waals surface area contributed by atoms with E-state index in [1.54, 1.807) is 0 Å². The van der Waals surface area contributed by atoms with Crippen molar-refractivity contribution >= 4 is 15.9 Å². The number of aromatic nitrogens is 2. The molecule has 0 bridgehead atoms. The first-order valence-corrected chi connectivity index (χ1v) is 14.3. The van der Waals surface area contributed by atoms with E-state index in [4.69, 9.17) is 9.84 Å². The number of halogens is 1. The second kappa shape index (κ2) is 11.4. The Bertz CT molecular complexity index is 1600. The van der Waals surface area contributed by atoms with Gasteiger partial charge in [0.25, 0.3) is 0 Å². The van der Waals surface area contributed by atoms with Crippen LogP contribution in [0.1, 0.15) is 23.6 Å². The number of hydrogen-bond acceptors (Lipinski definition) is 2. The van der Waals surface area contributed by atoms with Gasteiger partial charge in [-0.1, -0.05) is 133 Å². The van der Waals surface area contributed by atoms with Crippen LogP contribution < -0.4 is 4.74 Å². The molecule has 0 atom stereocenters. The molecule has 0 aliphatic carbocycles. The molecule has 0 spiro atoms. The van der Waals surface area contributed by atoms with E-state index in [0.29, 0.717) is 6.61 Å². The average Bonchev–Trinajstić information content (AvgIpc) is 3.37. The summed E-state index contributed by atoms with van der Waals surface area (Å²) < 4.78 is 8.99. The van der Waals surface area contributed by atoms with Gasteiger partial charge in [-0.05, 0) is 51.7 Å². The van der Waals surface area contributed by atoms with Crippen LogP contribution in [-0.4, -0.2) is 16.4 Å². The summed E-state index contributed by atoms with van der Waals surface area (Å²) in [6.45, 7) is 2.60. The second-order valence-corrected chi connectivity index (χ2v) is 10.4. The van der Waals surface area contributed by atoms with Gasteiger partial charge in [0.2, 0.25) is 0 Å². The van der Waals surface area contributed by atoms with Crippen LogP contribution in [0.25, 0.3) is 22.5 Å². The van der Waals surface area contributed by atoms with Gasteiger partial charge in [0.15, 0.2) is 0 Å². The Morgan fingerprint density at radius 2 is 1.10 bits per heavy atom. The van der Waals surface area contributed by atoms with Gasteiger partial charge in [-0.15, -0.1) is 0 Å². The number of hydrogen-bond donors (Lipinski definition) is 0. The average molecular weight is 586 g/mol. The lowest BCUT2D eigenvalue weighted by Crippen LogP contribution is -2.39. The Labute approximate surface area is 243 Å². The van der Waals surface area contributed by atoms with E-state index in [1.807, 2.05) is 25.1 Å². The topological polar surface area (TPSA) is 27.1 Å². The zero-order valence-electron chi connectivity index (χ0n) is 22.2. The molecule has 0 N–H and O–H groups in total. The van der Waals surface area contributed by atoms with Gasteiger partial charge in [-0.3, -0.25) is 0 Å². The Morgan fingerprint density at radius 3 is 1.60 bits per heavy atom. The summed E-state index contributed by atoms with van der Waals surface area (Å²) in [6, 6.07) is 50.6. The fourth-order valence-electron chi connectivity index (χ4n) is 5.48. The summed E-state index contributed by atoms with van der Waals surface area (Å²) >= 11 is 4.03. The molecule has 196 valence electrons. The fraction of sp³-hybridized carbons (Fsp3) is 0.0833. The molecule has 1 aromatic heterocycles. The highest BCUT2D eigenvalue weighted by Crippen LogP contribution is 2.47. The first kappa shape index (κ1) is 25.8. The zero-order valence-corrected chi connectivity index (χ0v) is 23.8. The van der Waals surface area contributed by atoms with E-state index >= 15 is 0 Å². The molecule has 0 unspecified atom stereocenters. The van der Waals surface area contributed by atoms with Gasteiger partial charge in [-0.2, -0.15) is 5.10 Å². The molecule has 0 aliphatic heterocycles. The third-order valence-electron chi connectivity index (χ3n) is 7.19. The van der Waals surface area contributed by atoms with Crippen LogP contribution >= 0.6 is 15.9 Å². The highest BCUT2D eigenvalue weighted by molar-refractivity contribution is 9.10. The Hall–Kier alpha value is -4.41. The highest BCUT2D eigenvalue weighted by atomic mass is 79.9. The molecule has 0 aliphatic rings. The Morgan fingerprint density at radius 1 is 0.625 bits per heavy atom. The third-order valence-corrected chi connectivity index (χ3v) is 7.94. The number of ether oxygens (including phenoxy) is 1. The standard InChI is InChI=1S/C36H29BrN2O/c1-2-40-32-25-15-18-28(26-32)34-33(37)35(27-16-7-3-8-17-27)39(38-34)36(29-19-9-4-10-20-29,30-21-11-5-12-22-30)31-23-13-6-14-24-31/h3-26H,2H2,1H3. The first-order valence-electron chi connectivity index (χ1n) is 13.5. The lowest BCUT2D eigenvalue weighted by Gasteiger charge is -2.37. The van der Waals surface area contributed by atoms with Crippen molar-refractivity contribution < 1.29 is 4.74 Å². The van der Waals surface area contributed by atoms with Crippen LogP contribution in [-0.2, 0) is 5.54 Å². The molecule has 0 saturated heterocycles. The number of rotatable bonds is 8. The normalized spacial score (nSPS) is 11.3. The maximum atomic E-state index is 5.85. The molecule has 0 fully saturated rings. The van der Waals surface area contributed by atoms with Gasteiger partial charge < -0.3 is 4.74 Å². The molecule has 0 radical (unpaired) electrons. The quantitative estimate of drug-likeness (QED) is 0.167. The summed E-state index contributed by atoms with van der Waals surface area (Å²) in [5.41, 5.74) is 6.50. The van der Waals surface area contributed by atoms with Crippen molar-refractivity contribution in [3.63, 3.8) is 0 Å². The molecule has 6 aromatic rings. The monoisotopic (exact) mass is 584 g/mol. The largest absolute Gasteiger partial charge is 0.494 e. The van der Waals surface area contributed by atoms with Crippen molar-refractivity contribution in [2.45, 2.75) is 12.5 Å². The van der Waals surface area contributed by atoms with Crippen molar-refractivity contribution in [3.05, 3.63) is 167 Å². The molecule has 4 heteroatoms. The molecule has 5 aromatic carbocycles. The van der Waals surface area contributed by atoms with Crippen molar-refractivity contribution in [1.29, 1.82) is 0 Å². The van der Waals surface area contributed by atoms with Crippen LogP contribution in [0.4, 0.5) is 0 Å². The smallest absolute Gasteiger partial charge is 0.138 e. The Balaban J connectivity index is 1.76. The predicted octanol–water partition coefficient (Wildman–Crippen LogP) is 9.22. The van der Waals surface area contributed by atoms with Crippen LogP contribution in [0.15, 0.2) is 150 Å². The van der Waals surface area contributed by atoms with E-state index in [0.717, 1.165) is 49.4 Å². The summed E-state index contributed by atoms with van der Waals surface area (Å²) in [5.74, 6) is 0.822. The van der Waals surface area contributed by atoms with Crippen molar-refractivity contribution in [2.75, 3.05) is 6.61 Å². The minimum absolute atomic E-state index is 0.605. The third kappa shape index (κ3) is 4.55. The van der Waals surface area contributed by atoms with Crippen LogP contribution in [0.5, 0.6) is 5.75 Å². The molecule has 3 nitrogen and oxygen atoms in total. The van der Waals surface area contributed by atoms with Gasteiger partial charge in [0.1, 0.15) is 17.0 Å². The summed E-state index contributed by atoms with van der Waals surface area (Å²) in [5, 5.41) is 5.47. The van der Waals surface area contributed by atoms with Crippen molar-refractivity contribution in [3.8, 4) is 28.3 Å². The van der Waals surface area contributed by atoms with Gasteiger partial charge in [0.05, 0.1) is 16.8 Å². The minimum atomic E-state index is -0.757. The predicted molar refractivity (Wildman–Crippen MR) is 167 cm³/mol. The van der Waals surface area contributed by atoms with Gasteiger partial charge >= 0.3 is 0 Å². The van der Waals surface area contributed by atoms with Crippen LogP contribution in [0, 0.1) is 0 Å². The lowest BCUT2D eigenvalue weighted by molar-refractivity contribution is 0.340. The van der Waals surface area contributed by atoms with E-state index < -0.39 is 5.54 Å². The van der Waals surface area contributed by atoms with E-state index in [9.17, 15) is 0 Å². The zero-order chi connectivity index (χ0) is 27.4. The summed E-state index contributed by atoms with van der Waals surface area (Å²) in [7, 11) is 0. The first-order chi connectivity index (χ1) is 19.7. The SMILES string of the molecule is CCOc1cccc(-c2nn(C(c3ccccc3)(c3ccccc3)c3ccccc3)c(-c3ccccc3)c2Br)c1. The van der Waals surface area contributed by atoms with Crippen molar-refractivity contribution in [2.24, 2.45) is 0 Å². The number of nitrogens with zero attached hydrogens (tertiary/aromatic N) is 2. The fourth-order valence-corrected chi connectivity index (χ4v) is 6.18. The van der Waals surface area contributed by atoms with Gasteiger partial charge in [-0.25, -0.2) is 4.68 Å². The molecule has 1 heterocycles. The van der Waals surface area contributed by atoms with Crippen LogP contribution in [0.3, 0.4) is 0 Å². The van der Waals surface area contributed by atoms with Crippen molar-refractivity contribution in [1.82, 2.24) is 9.78 Å². The van der Waals surface area contributed by atoms with E-state index in [-0.39, 0.29) is 0 Å². The van der Waals surface area contributed by atoms with Gasteiger partial charge in [0, 0.05) is 11.1 Å². The molecular formula is C36H29BrN2O. The maximum absolute atomic E-state index is 5.85. The second-order valence-electron chi connectivity index (χ2n) is 9.56. The minimum Gasteiger partial charge on any atom is -0.494 e. The molecule has 40 heavy (non-hydrogen) atoms. The van der Waals surface area contributed by atoms with E-state index in [1.165, 1.54) is 0 Å². The van der Waals surface area contributed by atoms with Crippen LogP contribution in [0.2, 0.25) is 0 Å². The molecule has 6 rings (SSSR count).